The molecule has 5 rings (SSSR count). The maximum absolute atomic E-state index is 12.7. The van der Waals surface area contributed by atoms with Crippen LogP contribution < -0.4 is 11.1 Å². The van der Waals surface area contributed by atoms with Crippen molar-refractivity contribution in [2.45, 2.75) is 44.8 Å². The molecule has 146 valence electrons. The summed E-state index contributed by atoms with van der Waals surface area (Å²) in [5.41, 5.74) is 0.288. The Hall–Kier alpha value is -2.03. The van der Waals surface area contributed by atoms with E-state index in [4.69, 9.17) is 5.10 Å². The first-order valence-electron chi connectivity index (χ1n) is 9.56. The van der Waals surface area contributed by atoms with Gasteiger partial charge in [-0.05, 0) is 54.8 Å². The fourth-order valence-corrected chi connectivity index (χ4v) is 6.11. The summed E-state index contributed by atoms with van der Waals surface area (Å²) in [5.74, 6) is 0.805. The van der Waals surface area contributed by atoms with E-state index in [1.807, 2.05) is 17.5 Å². The highest BCUT2D eigenvalue weighted by molar-refractivity contribution is 7.10. The predicted molar refractivity (Wildman–Crippen MR) is 111 cm³/mol. The van der Waals surface area contributed by atoms with Gasteiger partial charge in [-0.2, -0.15) is 5.10 Å². The average molecular weight is 415 g/mol. The Balaban J connectivity index is 1.47. The van der Waals surface area contributed by atoms with Crippen molar-refractivity contribution < 1.29 is 0 Å². The maximum atomic E-state index is 12.7. The van der Waals surface area contributed by atoms with E-state index in [1.54, 1.807) is 27.2 Å². The molecule has 5 heterocycles. The Labute approximate surface area is 170 Å². The Morgan fingerprint density at radius 3 is 2.68 bits per heavy atom. The van der Waals surface area contributed by atoms with Crippen LogP contribution in [0.5, 0.6) is 0 Å². The van der Waals surface area contributed by atoms with Gasteiger partial charge in [0.25, 0.3) is 0 Å². The van der Waals surface area contributed by atoms with E-state index in [9.17, 15) is 9.59 Å². The highest BCUT2D eigenvalue weighted by Gasteiger charge is 2.47. The number of aromatic nitrogens is 3. The summed E-state index contributed by atoms with van der Waals surface area (Å²) in [4.78, 5) is 30.2. The Kier molecular flexibility index (Phi) is 4.37. The minimum Gasteiger partial charge on any atom is -0.297 e. The van der Waals surface area contributed by atoms with E-state index in [1.165, 1.54) is 15.1 Å². The van der Waals surface area contributed by atoms with Crippen molar-refractivity contribution in [2.24, 2.45) is 0 Å². The summed E-state index contributed by atoms with van der Waals surface area (Å²) in [6.07, 6.45) is 1.87. The molecule has 1 atom stereocenters. The number of nitrogens with zero attached hydrogens (tertiary/aromatic N) is 4. The number of rotatable bonds is 4. The molecule has 6 nitrogen and oxygen atoms in total. The highest BCUT2D eigenvalue weighted by atomic mass is 32.1. The molecule has 2 aliphatic rings. The van der Waals surface area contributed by atoms with Gasteiger partial charge in [0, 0.05) is 34.8 Å². The van der Waals surface area contributed by atoms with E-state index in [0.29, 0.717) is 13.1 Å². The standard InChI is InChI=1S/C20H22N4O2S2/c1-14-4-10-28-16(14)12-22-7-5-20(13-22)6-8-23-17(25)18(26)24(21-19(20)23)11-15-3-2-9-27-15/h2-4,9-10H,5-8,11-13H2,1H3/t20-/m1/s1. The lowest BCUT2D eigenvalue weighted by Gasteiger charge is -2.23. The molecule has 0 N–H and O–H groups in total. The van der Waals surface area contributed by atoms with Crippen LogP contribution in [0.3, 0.4) is 0 Å². The molecule has 3 aromatic heterocycles. The number of hydrogen-bond acceptors (Lipinski definition) is 6. The van der Waals surface area contributed by atoms with Crippen LogP contribution in [0, 0.1) is 6.92 Å². The monoisotopic (exact) mass is 414 g/mol. The van der Waals surface area contributed by atoms with Crippen molar-refractivity contribution in [1.82, 2.24) is 19.2 Å². The quantitative estimate of drug-likeness (QED) is 0.615. The molecule has 8 heteroatoms. The maximum Gasteiger partial charge on any atom is 0.332 e. The third-order valence-corrected chi connectivity index (χ3v) is 7.94. The molecule has 1 spiro atoms. The van der Waals surface area contributed by atoms with Gasteiger partial charge < -0.3 is 0 Å². The molecule has 3 aromatic rings. The van der Waals surface area contributed by atoms with Crippen molar-refractivity contribution in [1.29, 1.82) is 0 Å². The molecule has 0 amide bonds. The van der Waals surface area contributed by atoms with Gasteiger partial charge in [-0.25, -0.2) is 4.68 Å². The topological polar surface area (TPSA) is 60.1 Å². The van der Waals surface area contributed by atoms with Gasteiger partial charge in [-0.3, -0.25) is 19.1 Å². The molecular formula is C20H22N4O2S2. The molecule has 1 fully saturated rings. The van der Waals surface area contributed by atoms with Crippen molar-refractivity contribution in [2.75, 3.05) is 13.1 Å². The zero-order valence-corrected chi connectivity index (χ0v) is 17.4. The normalized spacial score (nSPS) is 21.6. The highest BCUT2D eigenvalue weighted by Crippen LogP contribution is 2.41. The summed E-state index contributed by atoms with van der Waals surface area (Å²) in [6.45, 7) is 5.97. The van der Waals surface area contributed by atoms with Crippen molar-refractivity contribution >= 4 is 22.7 Å². The van der Waals surface area contributed by atoms with Crippen LogP contribution in [0.15, 0.2) is 38.5 Å². The molecule has 0 bridgehead atoms. The van der Waals surface area contributed by atoms with Crippen LogP contribution in [-0.4, -0.2) is 32.3 Å². The third kappa shape index (κ3) is 2.91. The zero-order chi connectivity index (χ0) is 19.3. The molecule has 0 unspecified atom stereocenters. The van der Waals surface area contributed by atoms with Crippen LogP contribution >= 0.6 is 22.7 Å². The average Bonchev–Trinajstić information content (AvgIpc) is 3.46. The van der Waals surface area contributed by atoms with E-state index in [-0.39, 0.29) is 5.41 Å². The summed E-state index contributed by atoms with van der Waals surface area (Å²) >= 11 is 3.38. The first-order chi connectivity index (χ1) is 13.6. The van der Waals surface area contributed by atoms with Crippen LogP contribution in [0.1, 0.15) is 34.0 Å². The van der Waals surface area contributed by atoms with Gasteiger partial charge in [0.05, 0.1) is 6.54 Å². The van der Waals surface area contributed by atoms with Gasteiger partial charge in [-0.15, -0.1) is 22.7 Å². The smallest absolute Gasteiger partial charge is 0.297 e. The number of thiophene rings is 2. The number of likely N-dealkylation sites (tertiary alicyclic amines) is 1. The zero-order valence-electron chi connectivity index (χ0n) is 15.8. The molecule has 0 aromatic carbocycles. The van der Waals surface area contributed by atoms with Gasteiger partial charge >= 0.3 is 11.1 Å². The van der Waals surface area contributed by atoms with Crippen LogP contribution in [0.25, 0.3) is 0 Å². The molecule has 28 heavy (non-hydrogen) atoms. The Bertz CT molecular complexity index is 1130. The minimum absolute atomic E-state index is 0.116. The predicted octanol–water partition coefficient (Wildman–Crippen LogP) is 2.43. The second-order valence-corrected chi connectivity index (χ2v) is 9.87. The molecule has 0 aliphatic carbocycles. The van der Waals surface area contributed by atoms with Gasteiger partial charge in [0.2, 0.25) is 0 Å². The third-order valence-electron chi connectivity index (χ3n) is 6.08. The summed E-state index contributed by atoms with van der Waals surface area (Å²) in [7, 11) is 0. The number of hydrogen-bond donors (Lipinski definition) is 0. The fraction of sp³-hybridized carbons (Fsp3) is 0.450. The van der Waals surface area contributed by atoms with Crippen molar-refractivity contribution in [3.63, 3.8) is 0 Å². The Morgan fingerprint density at radius 1 is 1.07 bits per heavy atom. The van der Waals surface area contributed by atoms with Gasteiger partial charge in [0.15, 0.2) is 0 Å². The molecule has 0 saturated carbocycles. The SMILES string of the molecule is Cc1ccsc1CN1CC[C@@]2(CCn3c2nn(Cc2cccs2)c(=O)c3=O)C1. The largest absolute Gasteiger partial charge is 0.332 e. The second kappa shape index (κ2) is 6.79. The van der Waals surface area contributed by atoms with Gasteiger partial charge in [-0.1, -0.05) is 6.07 Å². The van der Waals surface area contributed by atoms with E-state index < -0.39 is 11.1 Å². The van der Waals surface area contributed by atoms with Crippen LogP contribution in [0.4, 0.5) is 0 Å². The number of fused-ring (bicyclic) bond motifs is 2. The molecule has 2 aliphatic heterocycles. The minimum atomic E-state index is -0.515. The van der Waals surface area contributed by atoms with Crippen LogP contribution in [0.2, 0.25) is 0 Å². The molecular weight excluding hydrogens is 392 g/mol. The molecule has 1 saturated heterocycles. The lowest BCUT2D eigenvalue weighted by Crippen LogP contribution is -2.45. The van der Waals surface area contributed by atoms with Gasteiger partial charge in [0.1, 0.15) is 5.82 Å². The first-order valence-corrected chi connectivity index (χ1v) is 11.3. The lowest BCUT2D eigenvalue weighted by molar-refractivity contribution is 0.299. The van der Waals surface area contributed by atoms with E-state index >= 15 is 0 Å². The van der Waals surface area contributed by atoms with Crippen LogP contribution in [-0.2, 0) is 25.0 Å². The summed E-state index contributed by atoms with van der Waals surface area (Å²) in [6, 6.07) is 6.09. The lowest BCUT2D eigenvalue weighted by atomic mass is 9.85. The second-order valence-electron chi connectivity index (χ2n) is 7.84. The summed E-state index contributed by atoms with van der Waals surface area (Å²) < 4.78 is 3.01. The number of aryl methyl sites for hydroxylation is 1. The van der Waals surface area contributed by atoms with E-state index in [0.717, 1.165) is 43.2 Å². The molecule has 0 radical (unpaired) electrons. The Morgan fingerprint density at radius 2 is 1.93 bits per heavy atom. The van der Waals surface area contributed by atoms with E-state index in [2.05, 4.69) is 23.3 Å². The van der Waals surface area contributed by atoms with Crippen molar-refractivity contribution in [3.05, 3.63) is 70.8 Å². The van der Waals surface area contributed by atoms with Crippen molar-refractivity contribution in [3.8, 4) is 0 Å². The first kappa shape index (κ1) is 18.0. The fourth-order valence-electron chi connectivity index (χ4n) is 4.48. The summed E-state index contributed by atoms with van der Waals surface area (Å²) in [5, 5.41) is 8.84.